The average Bonchev–Trinajstić information content (AvgIpc) is 3.24. The molecule has 1 aromatic heterocycles. The summed E-state index contributed by atoms with van der Waals surface area (Å²) in [4.78, 5) is 18.8. The number of amides is 1. The summed E-state index contributed by atoms with van der Waals surface area (Å²) in [7, 11) is 1.86. The Morgan fingerprint density at radius 1 is 1.36 bits per heavy atom. The maximum absolute atomic E-state index is 12.9. The second kappa shape index (κ2) is 10.4. The Bertz CT molecular complexity index is 785. The first kappa shape index (κ1) is 24.7. The fourth-order valence-corrected chi connectivity index (χ4v) is 4.03. The van der Waals surface area contributed by atoms with Gasteiger partial charge in [0.05, 0.1) is 17.7 Å². The van der Waals surface area contributed by atoms with Crippen LogP contribution >= 0.6 is 36.2 Å². The van der Waals surface area contributed by atoms with Crippen LogP contribution in [0.3, 0.4) is 0 Å². The number of benzene rings is 1. The number of alkyl halides is 3. The van der Waals surface area contributed by atoms with E-state index in [1.54, 1.807) is 11.4 Å². The molecule has 1 unspecified atom stereocenters. The Kier molecular flexibility index (Phi) is 9.20. The van der Waals surface area contributed by atoms with Crippen molar-refractivity contribution in [2.45, 2.75) is 31.5 Å². The van der Waals surface area contributed by atoms with Crippen LogP contribution in [-0.4, -0.2) is 42.0 Å². The molecule has 1 amide bonds. The molecule has 28 heavy (non-hydrogen) atoms. The summed E-state index contributed by atoms with van der Waals surface area (Å²) in [6, 6.07) is 5.30. The standard InChI is InChI=1S/C18H20F3N3OS.2ClH/c1-22-10-15-6-3-7-24(15)16(25)9-14-11-26-17(23-14)12-4-2-5-13(8-12)18(19,20)21;;/h2,4-5,8,11,15,22H,3,6-7,9-10H2,1H3;2*1H. The Morgan fingerprint density at radius 3 is 2.79 bits per heavy atom. The van der Waals surface area contributed by atoms with Crippen LogP contribution in [-0.2, 0) is 17.4 Å². The molecule has 156 valence electrons. The van der Waals surface area contributed by atoms with Crippen molar-refractivity contribution in [3.05, 3.63) is 40.9 Å². The minimum absolute atomic E-state index is 0. The molecule has 0 spiro atoms. The van der Waals surface area contributed by atoms with Crippen LogP contribution in [0.4, 0.5) is 13.2 Å². The maximum Gasteiger partial charge on any atom is 0.416 e. The van der Waals surface area contributed by atoms with E-state index in [1.165, 1.54) is 17.4 Å². The van der Waals surface area contributed by atoms with E-state index in [9.17, 15) is 18.0 Å². The molecule has 2 aromatic rings. The third kappa shape index (κ3) is 5.83. The van der Waals surface area contributed by atoms with Crippen LogP contribution < -0.4 is 5.32 Å². The molecule has 4 nitrogen and oxygen atoms in total. The van der Waals surface area contributed by atoms with Crippen LogP contribution in [0.1, 0.15) is 24.1 Å². The largest absolute Gasteiger partial charge is 0.416 e. The first-order valence-corrected chi connectivity index (χ1v) is 9.32. The summed E-state index contributed by atoms with van der Waals surface area (Å²) in [5.74, 6) is 0.0173. The summed E-state index contributed by atoms with van der Waals surface area (Å²) in [5.41, 5.74) is 0.315. The molecule has 10 heteroatoms. The van der Waals surface area contributed by atoms with Gasteiger partial charge in [-0.05, 0) is 32.0 Å². The number of nitrogens with one attached hydrogen (secondary N) is 1. The topological polar surface area (TPSA) is 45.2 Å². The lowest BCUT2D eigenvalue weighted by atomic mass is 10.1. The number of aromatic nitrogens is 1. The third-order valence-electron chi connectivity index (χ3n) is 4.46. The fourth-order valence-electron chi connectivity index (χ4n) is 3.22. The number of likely N-dealkylation sites (N-methyl/N-ethyl adjacent to an activating group) is 1. The summed E-state index contributed by atoms with van der Waals surface area (Å²) in [6.45, 7) is 1.51. The van der Waals surface area contributed by atoms with Gasteiger partial charge in [-0.25, -0.2) is 4.98 Å². The minimum Gasteiger partial charge on any atom is -0.338 e. The lowest BCUT2D eigenvalue weighted by molar-refractivity contribution is -0.137. The quantitative estimate of drug-likeness (QED) is 0.725. The highest BCUT2D eigenvalue weighted by Gasteiger charge is 2.31. The lowest BCUT2D eigenvalue weighted by Gasteiger charge is -2.24. The van der Waals surface area contributed by atoms with Crippen LogP contribution in [0, 0.1) is 0 Å². The second-order valence-corrected chi connectivity index (χ2v) is 7.20. The molecule has 0 bridgehead atoms. The van der Waals surface area contributed by atoms with Crippen molar-refractivity contribution in [2.75, 3.05) is 20.1 Å². The molecule has 1 aliphatic heterocycles. The maximum atomic E-state index is 12.9. The number of nitrogens with zero attached hydrogens (tertiary/aromatic N) is 2. The van der Waals surface area contributed by atoms with Crippen molar-refractivity contribution in [3.8, 4) is 10.6 Å². The summed E-state index contributed by atoms with van der Waals surface area (Å²) in [6.07, 6.45) is -2.23. The van der Waals surface area contributed by atoms with E-state index >= 15 is 0 Å². The molecule has 3 rings (SSSR count). The van der Waals surface area contributed by atoms with Gasteiger partial charge < -0.3 is 10.2 Å². The highest BCUT2D eigenvalue weighted by atomic mass is 35.5. The molecule has 1 saturated heterocycles. The molecule has 1 aromatic carbocycles. The minimum atomic E-state index is -4.38. The normalized spacial score (nSPS) is 16.4. The average molecular weight is 456 g/mol. The Morgan fingerprint density at radius 2 is 2.11 bits per heavy atom. The summed E-state index contributed by atoms with van der Waals surface area (Å²) < 4.78 is 38.6. The third-order valence-corrected chi connectivity index (χ3v) is 5.40. The summed E-state index contributed by atoms with van der Waals surface area (Å²) in [5, 5.41) is 5.34. The predicted molar refractivity (Wildman–Crippen MR) is 109 cm³/mol. The SMILES string of the molecule is CNCC1CCCN1C(=O)Cc1csc(-c2cccc(C(F)(F)F)c2)n1.Cl.Cl. The molecule has 1 atom stereocenters. The first-order chi connectivity index (χ1) is 12.4. The zero-order valence-corrected chi connectivity index (χ0v) is 17.6. The van der Waals surface area contributed by atoms with Gasteiger partial charge in [0.1, 0.15) is 5.01 Å². The van der Waals surface area contributed by atoms with Gasteiger partial charge in [-0.1, -0.05) is 12.1 Å². The van der Waals surface area contributed by atoms with Gasteiger partial charge in [0.25, 0.3) is 0 Å². The van der Waals surface area contributed by atoms with Gasteiger partial charge in [0.15, 0.2) is 0 Å². The smallest absolute Gasteiger partial charge is 0.338 e. The molecule has 1 aliphatic rings. The van der Waals surface area contributed by atoms with Crippen LogP contribution in [0.5, 0.6) is 0 Å². The highest BCUT2D eigenvalue weighted by molar-refractivity contribution is 7.13. The first-order valence-electron chi connectivity index (χ1n) is 8.44. The monoisotopic (exact) mass is 455 g/mol. The zero-order valence-electron chi connectivity index (χ0n) is 15.2. The molecular formula is C18H22Cl2F3N3OS. The molecule has 0 saturated carbocycles. The molecule has 1 fully saturated rings. The molecular weight excluding hydrogens is 434 g/mol. The van der Waals surface area contributed by atoms with E-state index in [2.05, 4.69) is 10.3 Å². The number of hydrogen-bond acceptors (Lipinski definition) is 4. The Labute approximate surface area is 178 Å². The number of thiazole rings is 1. The van der Waals surface area contributed by atoms with E-state index in [4.69, 9.17) is 0 Å². The van der Waals surface area contributed by atoms with Gasteiger partial charge in [-0.15, -0.1) is 36.2 Å². The van der Waals surface area contributed by atoms with Crippen molar-refractivity contribution in [2.24, 2.45) is 0 Å². The van der Waals surface area contributed by atoms with Crippen LogP contribution in [0.25, 0.3) is 10.6 Å². The predicted octanol–water partition coefficient (Wildman–Crippen LogP) is 4.43. The Balaban J connectivity index is 0.00000196. The molecule has 2 heterocycles. The van der Waals surface area contributed by atoms with Gasteiger partial charge in [0, 0.05) is 30.1 Å². The van der Waals surface area contributed by atoms with E-state index in [1.807, 2.05) is 11.9 Å². The van der Waals surface area contributed by atoms with Crippen LogP contribution in [0.15, 0.2) is 29.6 Å². The van der Waals surface area contributed by atoms with Gasteiger partial charge in [0.2, 0.25) is 5.91 Å². The Hall–Kier alpha value is -1.35. The van der Waals surface area contributed by atoms with Crippen molar-refractivity contribution >= 4 is 42.1 Å². The summed E-state index contributed by atoms with van der Waals surface area (Å²) >= 11 is 1.26. The van der Waals surface area contributed by atoms with Gasteiger partial charge in [-0.3, -0.25) is 4.79 Å². The molecule has 0 radical (unpaired) electrons. The van der Waals surface area contributed by atoms with E-state index in [-0.39, 0.29) is 43.2 Å². The highest BCUT2D eigenvalue weighted by Crippen LogP contribution is 2.33. The van der Waals surface area contributed by atoms with Crippen molar-refractivity contribution < 1.29 is 18.0 Å². The van der Waals surface area contributed by atoms with Crippen molar-refractivity contribution in [1.29, 1.82) is 0 Å². The van der Waals surface area contributed by atoms with Crippen molar-refractivity contribution in [1.82, 2.24) is 15.2 Å². The number of hydrogen-bond donors (Lipinski definition) is 1. The van der Waals surface area contributed by atoms with E-state index in [0.717, 1.165) is 38.1 Å². The molecule has 0 aliphatic carbocycles. The second-order valence-electron chi connectivity index (χ2n) is 6.34. The number of halogens is 5. The number of likely N-dealkylation sites (tertiary alicyclic amines) is 1. The van der Waals surface area contributed by atoms with Gasteiger partial charge in [-0.2, -0.15) is 13.2 Å². The number of rotatable bonds is 5. The van der Waals surface area contributed by atoms with Crippen LogP contribution in [0.2, 0.25) is 0 Å². The van der Waals surface area contributed by atoms with Gasteiger partial charge >= 0.3 is 6.18 Å². The zero-order chi connectivity index (χ0) is 18.7. The number of carbonyl (C=O) groups excluding carboxylic acids is 1. The fraction of sp³-hybridized carbons (Fsp3) is 0.444. The lowest BCUT2D eigenvalue weighted by Crippen LogP contribution is -2.41. The van der Waals surface area contributed by atoms with E-state index < -0.39 is 11.7 Å². The van der Waals surface area contributed by atoms with E-state index in [0.29, 0.717) is 16.3 Å². The van der Waals surface area contributed by atoms with Crippen molar-refractivity contribution in [3.63, 3.8) is 0 Å². The molecule has 1 N–H and O–H groups in total. The number of carbonyl (C=O) groups is 1.